The van der Waals surface area contributed by atoms with Gasteiger partial charge >= 0.3 is 0 Å². The molecule has 1 N–H and O–H groups in total. The van der Waals surface area contributed by atoms with Crippen LogP contribution in [0.4, 0.5) is 0 Å². The van der Waals surface area contributed by atoms with E-state index in [0.717, 1.165) is 11.1 Å². The number of amides is 2. The lowest BCUT2D eigenvalue weighted by atomic mass is 10.1. The van der Waals surface area contributed by atoms with E-state index in [9.17, 15) is 9.59 Å². The highest BCUT2D eigenvalue weighted by Crippen LogP contribution is 2.22. The Bertz CT molecular complexity index is 839. The van der Waals surface area contributed by atoms with Gasteiger partial charge in [-0.2, -0.15) is 0 Å². The fraction of sp³-hybridized carbons (Fsp3) is 0.391. The number of carbonyl (C=O) groups excluding carboxylic acids is 2. The van der Waals surface area contributed by atoms with E-state index in [1.54, 1.807) is 17.0 Å². The van der Waals surface area contributed by atoms with Gasteiger partial charge in [-0.05, 0) is 35.6 Å². The van der Waals surface area contributed by atoms with Gasteiger partial charge in [0.1, 0.15) is 6.04 Å². The molecule has 0 fully saturated rings. The molecular weight excluding hydrogens is 407 g/mol. The van der Waals surface area contributed by atoms with Crippen LogP contribution in [-0.4, -0.2) is 29.3 Å². The SMILES string of the molecule is CC[C@H](C(=O)NCC(C)C)N(Cc1ccccc1Cl)C(=O)Cc1ccccc1Cl. The lowest BCUT2D eigenvalue weighted by Gasteiger charge is -2.31. The second kappa shape index (κ2) is 11.2. The minimum absolute atomic E-state index is 0.123. The van der Waals surface area contributed by atoms with Crippen LogP contribution in [0, 0.1) is 5.92 Å². The molecule has 2 aromatic carbocycles. The fourth-order valence-corrected chi connectivity index (χ4v) is 3.46. The summed E-state index contributed by atoms with van der Waals surface area (Å²) in [7, 11) is 0. The smallest absolute Gasteiger partial charge is 0.242 e. The summed E-state index contributed by atoms with van der Waals surface area (Å²) in [6.07, 6.45) is 0.626. The minimum Gasteiger partial charge on any atom is -0.354 e. The molecule has 0 aliphatic rings. The Morgan fingerprint density at radius 2 is 1.52 bits per heavy atom. The van der Waals surface area contributed by atoms with E-state index in [4.69, 9.17) is 23.2 Å². The third-order valence-electron chi connectivity index (χ3n) is 4.67. The minimum atomic E-state index is -0.583. The zero-order valence-corrected chi connectivity index (χ0v) is 18.6. The van der Waals surface area contributed by atoms with Crippen LogP contribution in [0.5, 0.6) is 0 Å². The molecule has 0 radical (unpaired) electrons. The Labute approximate surface area is 183 Å². The number of hydrogen-bond acceptors (Lipinski definition) is 2. The maximum atomic E-state index is 13.3. The topological polar surface area (TPSA) is 49.4 Å². The monoisotopic (exact) mass is 434 g/mol. The molecule has 0 aliphatic carbocycles. The molecule has 2 amide bonds. The number of carbonyl (C=O) groups is 2. The molecule has 4 nitrogen and oxygen atoms in total. The van der Waals surface area contributed by atoms with Gasteiger partial charge in [0.05, 0.1) is 6.42 Å². The summed E-state index contributed by atoms with van der Waals surface area (Å²) in [6, 6.07) is 14.0. The number of halogens is 2. The predicted molar refractivity (Wildman–Crippen MR) is 119 cm³/mol. The summed E-state index contributed by atoms with van der Waals surface area (Å²) >= 11 is 12.6. The Morgan fingerprint density at radius 1 is 0.966 bits per heavy atom. The quantitative estimate of drug-likeness (QED) is 0.595. The maximum Gasteiger partial charge on any atom is 0.242 e. The van der Waals surface area contributed by atoms with E-state index in [1.807, 2.05) is 57.2 Å². The average molecular weight is 435 g/mol. The summed E-state index contributed by atoms with van der Waals surface area (Å²) in [6.45, 7) is 6.79. The van der Waals surface area contributed by atoms with Crippen molar-refractivity contribution in [3.63, 3.8) is 0 Å². The second-order valence-corrected chi connectivity index (χ2v) is 8.26. The van der Waals surface area contributed by atoms with Crippen molar-refractivity contribution < 1.29 is 9.59 Å². The molecule has 0 saturated heterocycles. The van der Waals surface area contributed by atoms with Gasteiger partial charge in [0.25, 0.3) is 0 Å². The molecule has 0 aliphatic heterocycles. The molecule has 0 aromatic heterocycles. The van der Waals surface area contributed by atoms with Crippen molar-refractivity contribution in [2.45, 2.75) is 46.2 Å². The third-order valence-corrected chi connectivity index (χ3v) is 5.41. The van der Waals surface area contributed by atoms with Crippen molar-refractivity contribution in [2.75, 3.05) is 6.54 Å². The van der Waals surface area contributed by atoms with Crippen LogP contribution in [0.25, 0.3) is 0 Å². The molecule has 156 valence electrons. The number of rotatable bonds is 9. The Hall–Kier alpha value is -2.04. The van der Waals surface area contributed by atoms with E-state index >= 15 is 0 Å². The van der Waals surface area contributed by atoms with Crippen molar-refractivity contribution in [1.82, 2.24) is 10.2 Å². The van der Waals surface area contributed by atoms with Gasteiger partial charge in [0.2, 0.25) is 11.8 Å². The predicted octanol–water partition coefficient (Wildman–Crippen LogP) is 5.12. The molecule has 29 heavy (non-hydrogen) atoms. The first-order chi connectivity index (χ1) is 13.8. The summed E-state index contributed by atoms with van der Waals surface area (Å²) in [5.41, 5.74) is 1.54. The van der Waals surface area contributed by atoms with Crippen LogP contribution in [-0.2, 0) is 22.6 Å². The average Bonchev–Trinajstić information content (AvgIpc) is 2.69. The van der Waals surface area contributed by atoms with Gasteiger partial charge in [0, 0.05) is 23.1 Å². The van der Waals surface area contributed by atoms with Crippen LogP contribution in [0.1, 0.15) is 38.3 Å². The fourth-order valence-electron chi connectivity index (χ4n) is 3.06. The van der Waals surface area contributed by atoms with Gasteiger partial charge in [-0.25, -0.2) is 0 Å². The molecule has 0 spiro atoms. The normalized spacial score (nSPS) is 11.9. The van der Waals surface area contributed by atoms with E-state index in [1.165, 1.54) is 0 Å². The van der Waals surface area contributed by atoms with Crippen molar-refractivity contribution in [3.8, 4) is 0 Å². The summed E-state index contributed by atoms with van der Waals surface area (Å²) in [5.74, 6) is 0.0117. The van der Waals surface area contributed by atoms with Gasteiger partial charge in [-0.15, -0.1) is 0 Å². The van der Waals surface area contributed by atoms with Gasteiger partial charge < -0.3 is 10.2 Å². The summed E-state index contributed by atoms with van der Waals surface area (Å²) in [5, 5.41) is 4.06. The van der Waals surface area contributed by atoms with Gasteiger partial charge in [-0.1, -0.05) is 80.4 Å². The standard InChI is InChI=1S/C23H28Cl2N2O2/c1-4-21(23(29)26-14-16(2)3)27(15-18-10-6-8-12-20(18)25)22(28)13-17-9-5-7-11-19(17)24/h5-12,16,21H,4,13-15H2,1-3H3,(H,26,29)/t21-/m1/s1. The van der Waals surface area contributed by atoms with Crippen molar-refractivity contribution in [2.24, 2.45) is 5.92 Å². The molecule has 0 bridgehead atoms. The molecule has 6 heteroatoms. The second-order valence-electron chi connectivity index (χ2n) is 7.44. The van der Waals surface area contributed by atoms with Crippen molar-refractivity contribution >= 4 is 35.0 Å². The van der Waals surface area contributed by atoms with Gasteiger partial charge in [-0.3, -0.25) is 9.59 Å². The van der Waals surface area contributed by atoms with Crippen LogP contribution in [0.3, 0.4) is 0 Å². The Kier molecular flexibility index (Phi) is 8.99. The number of hydrogen-bond donors (Lipinski definition) is 1. The Balaban J connectivity index is 2.30. The van der Waals surface area contributed by atoms with E-state index in [0.29, 0.717) is 28.9 Å². The zero-order chi connectivity index (χ0) is 21.4. The van der Waals surface area contributed by atoms with Gasteiger partial charge in [0.15, 0.2) is 0 Å². The number of nitrogens with one attached hydrogen (secondary N) is 1. The first kappa shape index (κ1) is 23.2. The summed E-state index contributed by atoms with van der Waals surface area (Å²) in [4.78, 5) is 27.7. The van der Waals surface area contributed by atoms with Crippen LogP contribution < -0.4 is 5.32 Å². The highest BCUT2D eigenvalue weighted by Gasteiger charge is 2.29. The van der Waals surface area contributed by atoms with E-state index < -0.39 is 6.04 Å². The number of benzene rings is 2. The molecule has 0 saturated carbocycles. The van der Waals surface area contributed by atoms with Crippen LogP contribution >= 0.6 is 23.2 Å². The van der Waals surface area contributed by atoms with Crippen LogP contribution in [0.2, 0.25) is 10.0 Å². The van der Waals surface area contributed by atoms with E-state index in [2.05, 4.69) is 5.32 Å². The highest BCUT2D eigenvalue weighted by molar-refractivity contribution is 6.31. The zero-order valence-electron chi connectivity index (χ0n) is 17.1. The largest absolute Gasteiger partial charge is 0.354 e. The van der Waals surface area contributed by atoms with Crippen molar-refractivity contribution in [3.05, 3.63) is 69.7 Å². The molecule has 2 rings (SSSR count). The molecule has 0 heterocycles. The third kappa shape index (κ3) is 6.76. The molecule has 1 atom stereocenters. The maximum absolute atomic E-state index is 13.3. The van der Waals surface area contributed by atoms with Crippen molar-refractivity contribution in [1.29, 1.82) is 0 Å². The first-order valence-corrected chi connectivity index (χ1v) is 10.6. The number of nitrogens with zero attached hydrogens (tertiary/aromatic N) is 1. The molecule has 2 aromatic rings. The lowest BCUT2D eigenvalue weighted by molar-refractivity contribution is -0.141. The van der Waals surface area contributed by atoms with E-state index in [-0.39, 0.29) is 24.8 Å². The summed E-state index contributed by atoms with van der Waals surface area (Å²) < 4.78 is 0. The first-order valence-electron chi connectivity index (χ1n) is 9.87. The molecule has 0 unspecified atom stereocenters. The lowest BCUT2D eigenvalue weighted by Crippen LogP contribution is -2.50. The van der Waals surface area contributed by atoms with Crippen LogP contribution in [0.15, 0.2) is 48.5 Å². The Morgan fingerprint density at radius 3 is 2.03 bits per heavy atom. The highest BCUT2D eigenvalue weighted by atomic mass is 35.5. The molecular formula is C23H28Cl2N2O2.